The second kappa shape index (κ2) is 5.87. The fourth-order valence-corrected chi connectivity index (χ4v) is 1.77. The monoisotopic (exact) mass is 240 g/mol. The number of nitrogens with one attached hydrogen (secondary N) is 1. The summed E-state index contributed by atoms with van der Waals surface area (Å²) in [7, 11) is 0. The molecule has 0 aliphatic rings. The maximum Gasteiger partial charge on any atom is 0.126 e. The lowest BCUT2D eigenvalue weighted by Gasteiger charge is -2.08. The van der Waals surface area contributed by atoms with Gasteiger partial charge in [0.05, 0.1) is 0 Å². The zero-order chi connectivity index (χ0) is 12.8. The summed E-state index contributed by atoms with van der Waals surface area (Å²) in [6.07, 6.45) is 4.78. The van der Waals surface area contributed by atoms with Crippen LogP contribution in [-0.2, 0) is 6.54 Å². The van der Waals surface area contributed by atoms with Crippen molar-refractivity contribution in [2.24, 2.45) is 0 Å². The van der Waals surface area contributed by atoms with E-state index in [2.05, 4.69) is 23.3 Å². The van der Waals surface area contributed by atoms with Crippen molar-refractivity contribution in [3.8, 4) is 6.07 Å². The number of rotatable bonds is 5. The van der Waals surface area contributed by atoms with Gasteiger partial charge in [0, 0.05) is 25.5 Å². The molecule has 0 aliphatic heterocycles. The van der Waals surface area contributed by atoms with E-state index >= 15 is 0 Å². The average molecular weight is 240 g/mol. The highest BCUT2D eigenvalue weighted by Crippen LogP contribution is 2.10. The van der Waals surface area contributed by atoms with Gasteiger partial charge >= 0.3 is 0 Å². The Kier molecular flexibility index (Phi) is 3.98. The van der Waals surface area contributed by atoms with E-state index in [1.54, 1.807) is 6.20 Å². The molecule has 2 aromatic rings. The lowest BCUT2D eigenvalue weighted by molar-refractivity contribution is 0.792. The number of aromatic nitrogens is 2. The van der Waals surface area contributed by atoms with Crippen LogP contribution in [0.4, 0.5) is 5.82 Å². The van der Waals surface area contributed by atoms with Crippen molar-refractivity contribution >= 4 is 5.82 Å². The predicted molar refractivity (Wildman–Crippen MR) is 71.3 cm³/mol. The number of anilines is 1. The van der Waals surface area contributed by atoms with Gasteiger partial charge in [0.1, 0.15) is 17.6 Å². The van der Waals surface area contributed by atoms with E-state index in [4.69, 9.17) is 5.26 Å². The number of nitrogens with zero attached hydrogens (tertiary/aromatic N) is 3. The van der Waals surface area contributed by atoms with Crippen LogP contribution in [-0.4, -0.2) is 16.1 Å². The van der Waals surface area contributed by atoms with Crippen molar-refractivity contribution < 1.29 is 0 Å². The maximum absolute atomic E-state index is 8.96. The molecule has 4 heteroatoms. The molecule has 18 heavy (non-hydrogen) atoms. The molecule has 0 amide bonds. The Labute approximate surface area is 107 Å². The second-order valence-electron chi connectivity index (χ2n) is 4.11. The van der Waals surface area contributed by atoms with Gasteiger partial charge in [-0.05, 0) is 36.2 Å². The van der Waals surface area contributed by atoms with Crippen LogP contribution in [0, 0.1) is 11.3 Å². The van der Waals surface area contributed by atoms with E-state index in [0.29, 0.717) is 12.2 Å². The molecule has 1 N–H and O–H groups in total. The van der Waals surface area contributed by atoms with Gasteiger partial charge in [-0.1, -0.05) is 6.92 Å². The van der Waals surface area contributed by atoms with Gasteiger partial charge in [-0.25, -0.2) is 4.98 Å². The zero-order valence-corrected chi connectivity index (χ0v) is 10.4. The zero-order valence-electron chi connectivity index (χ0n) is 10.4. The molecular weight excluding hydrogens is 224 g/mol. The molecule has 2 heterocycles. The van der Waals surface area contributed by atoms with Crippen molar-refractivity contribution in [1.82, 2.24) is 9.55 Å². The lowest BCUT2D eigenvalue weighted by atomic mass is 10.2. The molecule has 0 aromatic carbocycles. The Morgan fingerprint density at radius 3 is 3.11 bits per heavy atom. The largest absolute Gasteiger partial charge is 0.370 e. The molecule has 0 spiro atoms. The van der Waals surface area contributed by atoms with Gasteiger partial charge < -0.3 is 9.88 Å². The first kappa shape index (κ1) is 12.2. The Hall–Kier alpha value is -2.28. The summed E-state index contributed by atoms with van der Waals surface area (Å²) in [5.41, 5.74) is 1.81. The summed E-state index contributed by atoms with van der Waals surface area (Å²) in [6.45, 7) is 3.73. The van der Waals surface area contributed by atoms with Crippen molar-refractivity contribution in [3.05, 3.63) is 47.9 Å². The van der Waals surface area contributed by atoms with Gasteiger partial charge in [0.15, 0.2) is 0 Å². The number of nitriles is 1. The molecule has 0 radical (unpaired) electrons. The van der Waals surface area contributed by atoms with Crippen molar-refractivity contribution in [2.45, 2.75) is 19.9 Å². The Morgan fingerprint density at radius 2 is 2.33 bits per heavy atom. The maximum atomic E-state index is 8.96. The summed E-state index contributed by atoms with van der Waals surface area (Å²) in [6, 6.07) is 9.87. The number of hydrogen-bond donors (Lipinski definition) is 1. The van der Waals surface area contributed by atoms with E-state index in [-0.39, 0.29) is 0 Å². The molecule has 0 saturated heterocycles. The minimum Gasteiger partial charge on any atom is -0.370 e. The standard InChI is InChI=1S/C14H16N4/c1-2-6-16-14-9-12(5-7-17-14)11-18-8-3-4-13(18)10-15/h3-5,7-9H,2,6,11H2,1H3,(H,16,17). The van der Waals surface area contributed by atoms with Crippen LogP contribution in [0.25, 0.3) is 0 Å². The Morgan fingerprint density at radius 1 is 1.44 bits per heavy atom. The van der Waals surface area contributed by atoms with Gasteiger partial charge in [-0.2, -0.15) is 5.26 Å². The minimum atomic E-state index is 0.676. The van der Waals surface area contributed by atoms with E-state index in [1.807, 2.05) is 35.0 Å². The fraction of sp³-hybridized carbons (Fsp3) is 0.286. The Bertz CT molecular complexity index is 551. The third kappa shape index (κ3) is 2.89. The third-order valence-electron chi connectivity index (χ3n) is 2.68. The molecule has 2 aromatic heterocycles. The minimum absolute atomic E-state index is 0.676. The van der Waals surface area contributed by atoms with Gasteiger partial charge in [-0.3, -0.25) is 0 Å². The highest BCUT2D eigenvalue weighted by molar-refractivity contribution is 5.38. The smallest absolute Gasteiger partial charge is 0.126 e. The SMILES string of the molecule is CCCNc1cc(Cn2cccc2C#N)ccn1. The van der Waals surface area contributed by atoms with Gasteiger partial charge in [0.2, 0.25) is 0 Å². The summed E-state index contributed by atoms with van der Waals surface area (Å²) < 4.78 is 1.93. The molecule has 0 unspecified atom stereocenters. The van der Waals surface area contributed by atoms with E-state index in [1.165, 1.54) is 0 Å². The number of hydrogen-bond acceptors (Lipinski definition) is 3. The van der Waals surface area contributed by atoms with Crippen LogP contribution >= 0.6 is 0 Å². The van der Waals surface area contributed by atoms with Gasteiger partial charge in [-0.15, -0.1) is 0 Å². The Balaban J connectivity index is 2.12. The molecule has 92 valence electrons. The topological polar surface area (TPSA) is 53.6 Å². The quantitative estimate of drug-likeness (QED) is 0.874. The summed E-state index contributed by atoms with van der Waals surface area (Å²) in [5.74, 6) is 0.889. The fourth-order valence-electron chi connectivity index (χ4n) is 1.77. The first-order valence-electron chi connectivity index (χ1n) is 6.07. The predicted octanol–water partition coefficient (Wildman–Crippen LogP) is 2.62. The molecule has 2 rings (SSSR count). The first-order valence-corrected chi connectivity index (χ1v) is 6.07. The van der Waals surface area contributed by atoms with Gasteiger partial charge in [0.25, 0.3) is 0 Å². The second-order valence-corrected chi connectivity index (χ2v) is 4.11. The first-order chi connectivity index (χ1) is 8.83. The van der Waals surface area contributed by atoms with E-state index < -0.39 is 0 Å². The number of pyridine rings is 1. The molecule has 0 saturated carbocycles. The molecule has 0 bridgehead atoms. The van der Waals surface area contributed by atoms with E-state index in [9.17, 15) is 0 Å². The van der Waals surface area contributed by atoms with Crippen LogP contribution in [0.1, 0.15) is 24.6 Å². The molecule has 4 nitrogen and oxygen atoms in total. The van der Waals surface area contributed by atoms with Crippen LogP contribution in [0.3, 0.4) is 0 Å². The van der Waals surface area contributed by atoms with Crippen LogP contribution in [0.5, 0.6) is 0 Å². The molecular formula is C14H16N4. The lowest BCUT2D eigenvalue weighted by Crippen LogP contribution is -2.04. The summed E-state index contributed by atoms with van der Waals surface area (Å²) in [5, 5.41) is 12.2. The summed E-state index contributed by atoms with van der Waals surface area (Å²) in [4.78, 5) is 4.26. The highest BCUT2D eigenvalue weighted by Gasteiger charge is 2.02. The molecule has 0 aliphatic carbocycles. The van der Waals surface area contributed by atoms with Crippen LogP contribution in [0.15, 0.2) is 36.7 Å². The average Bonchev–Trinajstić information content (AvgIpc) is 2.84. The molecule has 0 atom stereocenters. The summed E-state index contributed by atoms with van der Waals surface area (Å²) >= 11 is 0. The van der Waals surface area contributed by atoms with Crippen molar-refractivity contribution in [1.29, 1.82) is 5.26 Å². The van der Waals surface area contributed by atoms with Crippen molar-refractivity contribution in [2.75, 3.05) is 11.9 Å². The highest BCUT2D eigenvalue weighted by atomic mass is 15.0. The van der Waals surface area contributed by atoms with Crippen LogP contribution in [0.2, 0.25) is 0 Å². The third-order valence-corrected chi connectivity index (χ3v) is 2.68. The van der Waals surface area contributed by atoms with E-state index in [0.717, 1.165) is 24.3 Å². The van der Waals surface area contributed by atoms with Crippen molar-refractivity contribution in [3.63, 3.8) is 0 Å². The normalized spacial score (nSPS) is 10.0. The molecule has 0 fully saturated rings. The van der Waals surface area contributed by atoms with Crippen LogP contribution < -0.4 is 5.32 Å².